The van der Waals surface area contributed by atoms with Crippen LogP contribution in [0.3, 0.4) is 0 Å². The van der Waals surface area contributed by atoms with Crippen molar-refractivity contribution in [2.45, 2.75) is 11.3 Å². The Morgan fingerprint density at radius 3 is 2.39 bits per heavy atom. The van der Waals surface area contributed by atoms with Gasteiger partial charge in [-0.25, -0.2) is 13.8 Å². The number of ether oxygens (including phenoxy) is 2. The van der Waals surface area contributed by atoms with Gasteiger partial charge in [0, 0.05) is 18.0 Å². The summed E-state index contributed by atoms with van der Waals surface area (Å²) in [6.07, 6.45) is -0.830. The fraction of sp³-hybridized carbons (Fsp3) is 0.273. The van der Waals surface area contributed by atoms with Gasteiger partial charge in [0.25, 0.3) is 6.43 Å². The highest BCUT2D eigenvalue weighted by molar-refractivity contribution is 7.98. The maximum atomic E-state index is 13.9. The number of fused-ring (bicyclic) bond motifs is 1. The third-order valence-corrected chi connectivity index (χ3v) is 5.88. The van der Waals surface area contributed by atoms with Crippen LogP contribution >= 0.6 is 11.8 Å². The van der Waals surface area contributed by atoms with E-state index in [0.717, 1.165) is 4.90 Å². The van der Waals surface area contributed by atoms with Gasteiger partial charge in [-0.3, -0.25) is 4.57 Å². The summed E-state index contributed by atoms with van der Waals surface area (Å²) in [5.41, 5.74) is 0.901. The number of hydrogen-bond donors (Lipinski definition) is 0. The average Bonchev–Trinajstić information content (AvgIpc) is 3.25. The van der Waals surface area contributed by atoms with Crippen LogP contribution in [0.4, 0.5) is 14.7 Å². The summed E-state index contributed by atoms with van der Waals surface area (Å²) in [5, 5.41) is 0. The molecule has 0 unspecified atom stereocenters. The zero-order valence-corrected chi connectivity index (χ0v) is 18.5. The van der Waals surface area contributed by atoms with Crippen LogP contribution in [0.25, 0.3) is 17.0 Å². The lowest BCUT2D eigenvalue weighted by molar-refractivity contribution is 0.122. The van der Waals surface area contributed by atoms with Gasteiger partial charge in [-0.15, -0.1) is 11.8 Å². The topological polar surface area (TPSA) is 78.2 Å². The number of aromatic nitrogens is 5. The zero-order chi connectivity index (χ0) is 22.8. The molecular weight excluding hydrogens is 450 g/mol. The second-order valence-electron chi connectivity index (χ2n) is 7.19. The minimum atomic E-state index is -2.82. The molecule has 0 radical (unpaired) electrons. The van der Waals surface area contributed by atoms with Gasteiger partial charge in [0.05, 0.1) is 24.2 Å². The number of nitrogens with zero attached hydrogens (tertiary/aromatic N) is 6. The maximum absolute atomic E-state index is 13.9. The Bertz CT molecular complexity index is 1260. The van der Waals surface area contributed by atoms with Crippen molar-refractivity contribution in [3.63, 3.8) is 0 Å². The van der Waals surface area contributed by atoms with E-state index in [9.17, 15) is 8.78 Å². The summed E-state index contributed by atoms with van der Waals surface area (Å²) in [6, 6.07) is 14.3. The molecule has 0 N–H and O–H groups in total. The number of thioether (sulfide) groups is 1. The summed E-state index contributed by atoms with van der Waals surface area (Å²) in [7, 11) is 0. The highest BCUT2D eigenvalue weighted by atomic mass is 32.2. The number of hydrogen-bond acceptors (Lipinski definition) is 8. The lowest BCUT2D eigenvalue weighted by atomic mass is 10.3. The Balaban J connectivity index is 1.63. The normalized spacial score (nSPS) is 14.2. The van der Waals surface area contributed by atoms with Crippen molar-refractivity contribution in [2.24, 2.45) is 0 Å². The minimum absolute atomic E-state index is 0.0105. The third kappa shape index (κ3) is 4.46. The van der Waals surface area contributed by atoms with Crippen LogP contribution in [0.1, 0.15) is 12.2 Å². The molecule has 0 aliphatic carbocycles. The first-order valence-electron chi connectivity index (χ1n) is 10.3. The molecule has 1 aliphatic rings. The Morgan fingerprint density at radius 1 is 0.939 bits per heavy atom. The number of anilines is 1. The number of morpholine rings is 1. The molecule has 0 bridgehead atoms. The van der Waals surface area contributed by atoms with E-state index in [1.807, 2.05) is 23.3 Å². The molecule has 33 heavy (non-hydrogen) atoms. The molecule has 2 aromatic heterocycles. The Morgan fingerprint density at radius 2 is 1.67 bits per heavy atom. The van der Waals surface area contributed by atoms with Crippen molar-refractivity contribution in [1.82, 2.24) is 24.5 Å². The largest absolute Gasteiger partial charge is 0.424 e. The monoisotopic (exact) mass is 470 g/mol. The summed E-state index contributed by atoms with van der Waals surface area (Å²) in [5.74, 6) is 0.441. The Labute approximate surface area is 192 Å². The molecule has 0 saturated carbocycles. The first kappa shape index (κ1) is 21.5. The second-order valence-corrected chi connectivity index (χ2v) is 8.07. The van der Waals surface area contributed by atoms with Gasteiger partial charge in [-0.1, -0.05) is 12.1 Å². The molecule has 11 heteroatoms. The lowest BCUT2D eigenvalue weighted by Gasteiger charge is -2.27. The summed E-state index contributed by atoms with van der Waals surface area (Å²) in [6.45, 7) is 2.17. The summed E-state index contributed by atoms with van der Waals surface area (Å²) in [4.78, 5) is 20.5. The highest BCUT2D eigenvalue weighted by Gasteiger charge is 2.24. The van der Waals surface area contributed by atoms with Crippen molar-refractivity contribution in [3.05, 3.63) is 54.4 Å². The van der Waals surface area contributed by atoms with E-state index in [1.54, 1.807) is 48.2 Å². The van der Waals surface area contributed by atoms with E-state index in [1.165, 1.54) is 4.57 Å². The molecule has 5 rings (SSSR count). The lowest BCUT2D eigenvalue weighted by Crippen LogP contribution is -2.37. The van der Waals surface area contributed by atoms with E-state index in [-0.39, 0.29) is 12.0 Å². The van der Waals surface area contributed by atoms with Crippen LogP contribution in [0.5, 0.6) is 11.8 Å². The number of rotatable bonds is 6. The molecule has 0 atom stereocenters. The first-order valence-corrected chi connectivity index (χ1v) is 11.5. The number of benzene rings is 2. The quantitative estimate of drug-likeness (QED) is 0.381. The fourth-order valence-corrected chi connectivity index (χ4v) is 3.94. The van der Waals surface area contributed by atoms with Gasteiger partial charge in [-0.05, 0) is 42.7 Å². The maximum Gasteiger partial charge on any atom is 0.328 e. The van der Waals surface area contributed by atoms with Crippen LogP contribution < -0.4 is 9.64 Å². The van der Waals surface area contributed by atoms with Crippen molar-refractivity contribution in [3.8, 4) is 17.7 Å². The van der Waals surface area contributed by atoms with Crippen molar-refractivity contribution < 1.29 is 18.3 Å². The van der Waals surface area contributed by atoms with E-state index >= 15 is 0 Å². The Hall–Kier alpha value is -3.31. The molecule has 2 aromatic carbocycles. The van der Waals surface area contributed by atoms with Gasteiger partial charge in [0.2, 0.25) is 11.9 Å². The number of imidazole rings is 1. The van der Waals surface area contributed by atoms with Crippen LogP contribution in [-0.4, -0.2) is 57.1 Å². The van der Waals surface area contributed by atoms with Gasteiger partial charge in [0.15, 0.2) is 5.82 Å². The summed E-state index contributed by atoms with van der Waals surface area (Å²) >= 11 is 1.61. The van der Waals surface area contributed by atoms with Crippen molar-refractivity contribution >= 4 is 28.7 Å². The zero-order valence-electron chi connectivity index (χ0n) is 17.7. The van der Waals surface area contributed by atoms with E-state index in [4.69, 9.17) is 9.47 Å². The van der Waals surface area contributed by atoms with E-state index in [0.29, 0.717) is 49.0 Å². The Kier molecular flexibility index (Phi) is 6.05. The molecular formula is C22H20F2N6O2S. The SMILES string of the molecule is CSc1ccc(Oc2nc(N3CCOCC3)nc(-n3c(C(F)F)nc4ccccc43)n2)cc1. The predicted octanol–water partition coefficient (Wildman–Crippen LogP) is 4.50. The minimum Gasteiger partial charge on any atom is -0.424 e. The number of halogens is 2. The van der Waals surface area contributed by atoms with Crippen molar-refractivity contribution in [2.75, 3.05) is 37.5 Å². The molecule has 8 nitrogen and oxygen atoms in total. The highest BCUT2D eigenvalue weighted by Crippen LogP contribution is 2.29. The standard InChI is InChI=1S/C22H20F2N6O2S/c1-33-15-8-6-14(7-9-15)32-22-27-20(29-10-12-31-13-11-29)26-21(28-22)30-17-5-3-2-4-16(17)25-19(30)18(23)24/h2-9,18H,10-13H2,1H3. The average molecular weight is 471 g/mol. The first-order chi connectivity index (χ1) is 16.1. The predicted molar refractivity (Wildman–Crippen MR) is 121 cm³/mol. The second kappa shape index (κ2) is 9.28. The number of para-hydroxylation sites is 2. The van der Waals surface area contributed by atoms with Crippen LogP contribution in [-0.2, 0) is 4.74 Å². The summed E-state index contributed by atoms with van der Waals surface area (Å²) < 4.78 is 40.4. The van der Waals surface area contributed by atoms with Gasteiger partial charge >= 0.3 is 6.01 Å². The van der Waals surface area contributed by atoms with E-state index < -0.39 is 12.2 Å². The van der Waals surface area contributed by atoms with Crippen LogP contribution in [0, 0.1) is 0 Å². The van der Waals surface area contributed by atoms with Gasteiger partial charge in [0.1, 0.15) is 5.75 Å². The molecule has 0 amide bonds. The third-order valence-electron chi connectivity index (χ3n) is 5.14. The van der Waals surface area contributed by atoms with Crippen LogP contribution in [0.15, 0.2) is 53.4 Å². The van der Waals surface area contributed by atoms with Crippen LogP contribution in [0.2, 0.25) is 0 Å². The number of alkyl halides is 2. The molecule has 4 aromatic rings. The molecule has 1 saturated heterocycles. The molecule has 170 valence electrons. The molecule has 3 heterocycles. The van der Waals surface area contributed by atoms with E-state index in [2.05, 4.69) is 19.9 Å². The van der Waals surface area contributed by atoms with Gasteiger partial charge < -0.3 is 14.4 Å². The molecule has 0 spiro atoms. The van der Waals surface area contributed by atoms with Gasteiger partial charge in [-0.2, -0.15) is 15.0 Å². The molecule has 1 fully saturated rings. The smallest absolute Gasteiger partial charge is 0.328 e. The molecule has 1 aliphatic heterocycles. The van der Waals surface area contributed by atoms with Crippen molar-refractivity contribution in [1.29, 1.82) is 0 Å². The fourth-order valence-electron chi connectivity index (χ4n) is 3.54.